The number of carbonyl (C=O) groups excluding carboxylic acids is 8. The highest BCUT2D eigenvalue weighted by Crippen LogP contribution is 2.13. The summed E-state index contributed by atoms with van der Waals surface area (Å²) in [5.74, 6) is -1.72. The van der Waals surface area contributed by atoms with Gasteiger partial charge in [-0.1, -0.05) is 0 Å². The first-order valence-corrected chi connectivity index (χ1v) is 11.9. The van der Waals surface area contributed by atoms with E-state index in [2.05, 4.69) is 20.1 Å². The van der Waals surface area contributed by atoms with Gasteiger partial charge in [-0.25, -0.2) is 14.4 Å². The van der Waals surface area contributed by atoms with Gasteiger partial charge in [-0.15, -0.1) is 0 Å². The summed E-state index contributed by atoms with van der Waals surface area (Å²) in [7, 11) is 4.12. The van der Waals surface area contributed by atoms with E-state index >= 15 is 0 Å². The lowest BCUT2D eigenvalue weighted by Gasteiger charge is -2.14. The van der Waals surface area contributed by atoms with Crippen LogP contribution < -0.4 is 10.6 Å². The largest absolute Gasteiger partial charge is 0.469 e. The van der Waals surface area contributed by atoms with Crippen molar-refractivity contribution < 1.29 is 47.8 Å². The summed E-state index contributed by atoms with van der Waals surface area (Å²) in [6, 6.07) is -0.720. The fraction of sp³-hybridized carbons (Fsp3) is 0.652. The minimum Gasteiger partial charge on any atom is -0.469 e. The number of ether oxygens (including phenoxy) is 2. The Morgan fingerprint density at radius 3 is 1.51 bits per heavy atom. The molecular weight excluding hydrogens is 520 g/mol. The summed E-state index contributed by atoms with van der Waals surface area (Å²) < 4.78 is 8.37. The Labute approximate surface area is 226 Å². The van der Waals surface area contributed by atoms with Crippen molar-refractivity contribution in [2.75, 3.05) is 47.4 Å². The minimum absolute atomic E-state index is 0.00463. The van der Waals surface area contributed by atoms with Gasteiger partial charge in [-0.3, -0.25) is 38.7 Å². The SMILES string of the molecule is CC(=O)N1C(=O)N(C)CC1C.CC(=O)N1C(=O)NCC1C.CC(=O)N1CCNC1=O.COC(=O)CC(=O)OC. The quantitative estimate of drug-likeness (QED) is 0.330. The average molecular weight is 559 g/mol. The van der Waals surface area contributed by atoms with E-state index in [1.807, 2.05) is 13.8 Å². The maximum absolute atomic E-state index is 11.2. The Bertz CT molecular complexity index is 942. The smallest absolute Gasteiger partial charge is 0.326 e. The van der Waals surface area contributed by atoms with Gasteiger partial charge in [0.2, 0.25) is 17.7 Å². The molecular formula is C23H38N6O10. The third-order valence-electron chi connectivity index (χ3n) is 5.38. The number of hydrogen-bond donors (Lipinski definition) is 2. The molecule has 0 aliphatic carbocycles. The predicted molar refractivity (Wildman–Crippen MR) is 135 cm³/mol. The zero-order valence-electron chi connectivity index (χ0n) is 23.6. The van der Waals surface area contributed by atoms with Crippen molar-refractivity contribution in [3.63, 3.8) is 0 Å². The lowest BCUT2D eigenvalue weighted by atomic mass is 10.3. The van der Waals surface area contributed by atoms with Crippen molar-refractivity contribution in [3.8, 4) is 0 Å². The molecule has 9 amide bonds. The summed E-state index contributed by atoms with van der Waals surface area (Å²) in [5, 5.41) is 5.08. The molecule has 220 valence electrons. The average Bonchev–Trinajstić information content (AvgIpc) is 3.51. The Hall–Kier alpha value is -4.24. The number of urea groups is 3. The molecule has 0 radical (unpaired) electrons. The third kappa shape index (κ3) is 11.4. The molecule has 3 aliphatic heterocycles. The van der Waals surface area contributed by atoms with Crippen LogP contribution in [0, 0.1) is 0 Å². The second kappa shape index (κ2) is 16.6. The number of nitrogens with one attached hydrogen (secondary N) is 2. The first-order chi connectivity index (χ1) is 18.1. The molecule has 2 unspecified atom stereocenters. The first kappa shape index (κ1) is 34.8. The Morgan fingerprint density at radius 1 is 0.795 bits per heavy atom. The molecule has 0 aromatic rings. The molecule has 16 nitrogen and oxygen atoms in total. The van der Waals surface area contributed by atoms with Gasteiger partial charge in [-0.2, -0.15) is 0 Å². The van der Waals surface area contributed by atoms with E-state index in [0.717, 1.165) is 0 Å². The van der Waals surface area contributed by atoms with Gasteiger partial charge in [-0.05, 0) is 13.8 Å². The van der Waals surface area contributed by atoms with Crippen LogP contribution in [0.5, 0.6) is 0 Å². The van der Waals surface area contributed by atoms with Gasteiger partial charge in [0.1, 0.15) is 6.42 Å². The number of carbonyl (C=O) groups is 8. The van der Waals surface area contributed by atoms with Crippen LogP contribution in [0.4, 0.5) is 14.4 Å². The molecule has 2 N–H and O–H groups in total. The second-order valence-electron chi connectivity index (χ2n) is 8.56. The van der Waals surface area contributed by atoms with E-state index in [1.165, 1.54) is 49.7 Å². The number of hydrogen-bond acceptors (Lipinski definition) is 10. The molecule has 3 aliphatic rings. The van der Waals surface area contributed by atoms with Gasteiger partial charge in [0.15, 0.2) is 0 Å². The van der Waals surface area contributed by atoms with Crippen LogP contribution in [0.25, 0.3) is 0 Å². The van der Waals surface area contributed by atoms with Crippen molar-refractivity contribution >= 4 is 47.8 Å². The Balaban J connectivity index is 0.000000496. The number of likely N-dealkylation sites (N-methyl/N-ethyl adjacent to an activating group) is 1. The van der Waals surface area contributed by atoms with Crippen LogP contribution in [0.2, 0.25) is 0 Å². The molecule has 0 bridgehead atoms. The third-order valence-corrected chi connectivity index (χ3v) is 5.38. The summed E-state index contributed by atoms with van der Waals surface area (Å²) in [6.45, 7) is 10.2. The van der Waals surface area contributed by atoms with Gasteiger partial charge >= 0.3 is 30.0 Å². The number of imide groups is 3. The van der Waals surface area contributed by atoms with Gasteiger partial charge in [0, 0.05) is 54.0 Å². The standard InChI is InChI=1S/C7H12N2O2.C6H10N2O2.C5H8N2O2.C5H8O4/c1-5-4-8(3)7(11)9(5)6(2)10;1-4-3-7-6(10)8(4)5(2)9;1-4(8)7-3-2-6-5(7)9;1-8-4(6)3-5(7)9-2/h5H,4H2,1-3H3;4H,3H2,1-2H3,(H,7,10);2-3H2,1H3,(H,6,9);3H2,1-2H3. The molecule has 0 aromatic heterocycles. The molecule has 0 saturated carbocycles. The van der Waals surface area contributed by atoms with Crippen molar-refractivity contribution in [2.45, 2.75) is 53.1 Å². The molecule has 0 aromatic carbocycles. The topological polar surface area (TPSA) is 192 Å². The van der Waals surface area contributed by atoms with Crippen molar-refractivity contribution in [1.82, 2.24) is 30.2 Å². The van der Waals surface area contributed by atoms with Crippen molar-refractivity contribution in [2.24, 2.45) is 0 Å². The highest BCUT2D eigenvalue weighted by molar-refractivity contribution is 5.96. The minimum atomic E-state index is -0.582. The van der Waals surface area contributed by atoms with E-state index in [-0.39, 0.29) is 54.3 Å². The molecule has 3 fully saturated rings. The van der Waals surface area contributed by atoms with Crippen LogP contribution in [-0.4, -0.2) is 127 Å². The van der Waals surface area contributed by atoms with Gasteiger partial charge in [0.05, 0.1) is 26.3 Å². The molecule has 0 spiro atoms. The van der Waals surface area contributed by atoms with E-state index < -0.39 is 11.9 Å². The molecule has 3 rings (SSSR count). The first-order valence-electron chi connectivity index (χ1n) is 11.9. The lowest BCUT2D eigenvalue weighted by molar-refractivity contribution is -0.151. The predicted octanol–water partition coefficient (Wildman–Crippen LogP) is -0.484. The van der Waals surface area contributed by atoms with E-state index in [0.29, 0.717) is 26.2 Å². The normalized spacial score (nSPS) is 19.3. The monoisotopic (exact) mass is 558 g/mol. The fourth-order valence-corrected chi connectivity index (χ4v) is 3.47. The fourth-order valence-electron chi connectivity index (χ4n) is 3.47. The second-order valence-corrected chi connectivity index (χ2v) is 8.56. The zero-order chi connectivity index (χ0) is 30.4. The molecule has 39 heavy (non-hydrogen) atoms. The molecule has 3 saturated heterocycles. The number of nitrogens with zero attached hydrogens (tertiary/aromatic N) is 4. The number of methoxy groups -OCH3 is 2. The lowest BCUT2D eigenvalue weighted by Crippen LogP contribution is -2.36. The summed E-state index contributed by atoms with van der Waals surface area (Å²) in [6.07, 6.45) is -0.312. The number of esters is 2. The molecule has 2 atom stereocenters. The maximum Gasteiger partial charge on any atom is 0.326 e. The number of rotatable bonds is 2. The Kier molecular flexibility index (Phi) is 14.8. The summed E-state index contributed by atoms with van der Waals surface area (Å²) in [4.78, 5) is 90.5. The van der Waals surface area contributed by atoms with Crippen LogP contribution >= 0.6 is 0 Å². The molecule has 3 heterocycles. The van der Waals surface area contributed by atoms with Crippen LogP contribution in [0.3, 0.4) is 0 Å². The van der Waals surface area contributed by atoms with E-state index in [1.54, 1.807) is 11.9 Å². The van der Waals surface area contributed by atoms with Gasteiger partial charge < -0.3 is 25.0 Å². The van der Waals surface area contributed by atoms with E-state index in [9.17, 15) is 38.4 Å². The maximum atomic E-state index is 11.2. The van der Waals surface area contributed by atoms with Crippen LogP contribution in [0.1, 0.15) is 41.0 Å². The van der Waals surface area contributed by atoms with Gasteiger partial charge in [0.25, 0.3) is 0 Å². The van der Waals surface area contributed by atoms with E-state index in [4.69, 9.17) is 0 Å². The number of amides is 9. The van der Waals surface area contributed by atoms with Crippen LogP contribution in [0.15, 0.2) is 0 Å². The molecule has 16 heteroatoms. The Morgan fingerprint density at radius 2 is 1.31 bits per heavy atom. The van der Waals surface area contributed by atoms with Crippen molar-refractivity contribution in [3.05, 3.63) is 0 Å². The zero-order valence-corrected chi connectivity index (χ0v) is 23.6. The highest BCUT2D eigenvalue weighted by atomic mass is 16.5. The van der Waals surface area contributed by atoms with Crippen LogP contribution in [-0.2, 0) is 33.4 Å². The summed E-state index contributed by atoms with van der Waals surface area (Å²) >= 11 is 0. The van der Waals surface area contributed by atoms with Crippen molar-refractivity contribution in [1.29, 1.82) is 0 Å². The summed E-state index contributed by atoms with van der Waals surface area (Å²) in [5.41, 5.74) is 0. The highest BCUT2D eigenvalue weighted by Gasteiger charge is 2.34.